The second-order valence-electron chi connectivity index (χ2n) is 3.06. The Bertz CT molecular complexity index is 321. The van der Waals surface area contributed by atoms with Gasteiger partial charge >= 0.3 is 0 Å². The Balaban J connectivity index is 2.89. The fourth-order valence-corrected chi connectivity index (χ4v) is 2.95. The van der Waals surface area contributed by atoms with Crippen molar-refractivity contribution in [3.05, 3.63) is 23.2 Å². The van der Waals surface area contributed by atoms with Gasteiger partial charge in [0, 0.05) is 11.4 Å². The highest BCUT2D eigenvalue weighted by molar-refractivity contribution is 7.85. The van der Waals surface area contributed by atoms with Crippen LogP contribution in [0.4, 0.5) is 5.69 Å². The molecule has 0 saturated carbocycles. The van der Waals surface area contributed by atoms with Gasteiger partial charge in [-0.2, -0.15) is 0 Å². The molecule has 0 spiro atoms. The van der Waals surface area contributed by atoms with Crippen LogP contribution in [-0.2, 0) is 10.8 Å². The lowest BCUT2D eigenvalue weighted by atomic mass is 10.3. The van der Waals surface area contributed by atoms with Crippen molar-refractivity contribution in [2.24, 2.45) is 0 Å². The van der Waals surface area contributed by atoms with Crippen LogP contribution in [0.5, 0.6) is 0 Å². The first kappa shape index (κ1) is 11.5. The Hall–Kier alpha value is -0.540. The second kappa shape index (κ2) is 5.37. The fraction of sp³-hybridized carbons (Fsp3) is 0.400. The maximum atomic E-state index is 11.8. The summed E-state index contributed by atoms with van der Waals surface area (Å²) in [6.45, 7) is 2.06. The average molecular weight is 232 g/mol. The lowest BCUT2D eigenvalue weighted by Crippen LogP contribution is -2.02. The highest BCUT2D eigenvalue weighted by Gasteiger charge is 2.11. The molecular formula is C10H14ClNOS. The Morgan fingerprint density at radius 3 is 2.79 bits per heavy atom. The molecule has 1 rings (SSSR count). The highest BCUT2D eigenvalue weighted by Crippen LogP contribution is 2.26. The minimum absolute atomic E-state index is 0.499. The molecule has 0 heterocycles. The largest absolute Gasteiger partial charge is 0.398 e. The van der Waals surface area contributed by atoms with E-state index >= 15 is 0 Å². The topological polar surface area (TPSA) is 43.1 Å². The summed E-state index contributed by atoms with van der Waals surface area (Å²) in [6.07, 6.45) is 1.95. The minimum Gasteiger partial charge on any atom is -0.398 e. The number of nitrogens with two attached hydrogens (primary N) is 1. The van der Waals surface area contributed by atoms with E-state index in [2.05, 4.69) is 6.92 Å². The van der Waals surface area contributed by atoms with Crippen LogP contribution in [0, 0.1) is 0 Å². The first-order chi connectivity index (χ1) is 6.66. The van der Waals surface area contributed by atoms with Crippen LogP contribution in [0.25, 0.3) is 0 Å². The molecule has 0 aliphatic carbocycles. The van der Waals surface area contributed by atoms with Crippen molar-refractivity contribution < 1.29 is 4.21 Å². The van der Waals surface area contributed by atoms with Crippen molar-refractivity contribution in [3.8, 4) is 0 Å². The van der Waals surface area contributed by atoms with E-state index in [1.807, 2.05) is 0 Å². The van der Waals surface area contributed by atoms with Crippen LogP contribution < -0.4 is 5.73 Å². The summed E-state index contributed by atoms with van der Waals surface area (Å²) in [5, 5.41) is 0.499. The number of rotatable bonds is 4. The normalized spacial score (nSPS) is 12.7. The zero-order valence-electron chi connectivity index (χ0n) is 8.13. The van der Waals surface area contributed by atoms with E-state index in [1.165, 1.54) is 0 Å². The third-order valence-electron chi connectivity index (χ3n) is 1.91. The Kier molecular flexibility index (Phi) is 4.42. The average Bonchev–Trinajstić information content (AvgIpc) is 2.14. The predicted molar refractivity (Wildman–Crippen MR) is 62.0 cm³/mol. The van der Waals surface area contributed by atoms with Crippen LogP contribution >= 0.6 is 11.6 Å². The van der Waals surface area contributed by atoms with Crippen molar-refractivity contribution in [3.63, 3.8) is 0 Å². The molecule has 4 heteroatoms. The van der Waals surface area contributed by atoms with Gasteiger partial charge in [-0.3, -0.25) is 4.21 Å². The molecule has 1 unspecified atom stereocenters. The molecule has 1 aromatic carbocycles. The van der Waals surface area contributed by atoms with Gasteiger partial charge in [0.1, 0.15) is 0 Å². The van der Waals surface area contributed by atoms with Crippen molar-refractivity contribution in [2.45, 2.75) is 24.7 Å². The number of benzene rings is 1. The minimum atomic E-state index is -1.06. The highest BCUT2D eigenvalue weighted by atomic mass is 35.5. The second-order valence-corrected chi connectivity index (χ2v) is 4.98. The van der Waals surface area contributed by atoms with Crippen LogP contribution in [0.3, 0.4) is 0 Å². The fourth-order valence-electron chi connectivity index (χ4n) is 1.14. The van der Waals surface area contributed by atoms with Gasteiger partial charge < -0.3 is 5.73 Å². The zero-order chi connectivity index (χ0) is 10.6. The van der Waals surface area contributed by atoms with Crippen molar-refractivity contribution >= 4 is 28.1 Å². The third kappa shape index (κ3) is 2.72. The van der Waals surface area contributed by atoms with Crippen molar-refractivity contribution in [1.82, 2.24) is 0 Å². The molecule has 0 bridgehead atoms. The van der Waals surface area contributed by atoms with E-state index in [1.54, 1.807) is 18.2 Å². The molecule has 2 N–H and O–H groups in total. The summed E-state index contributed by atoms with van der Waals surface area (Å²) in [6, 6.07) is 5.21. The molecule has 14 heavy (non-hydrogen) atoms. The molecule has 1 atom stereocenters. The molecular weight excluding hydrogens is 218 g/mol. The standard InChI is InChI=1S/C10H14ClNOS/c1-2-3-7-14(13)10-8(11)5-4-6-9(10)12/h4-6H,2-3,7,12H2,1H3. The summed E-state index contributed by atoms with van der Waals surface area (Å²) >= 11 is 5.93. The van der Waals surface area contributed by atoms with Crippen LogP contribution in [-0.4, -0.2) is 9.96 Å². The quantitative estimate of drug-likeness (QED) is 0.810. The molecule has 0 amide bonds. The Morgan fingerprint density at radius 1 is 1.50 bits per heavy atom. The zero-order valence-corrected chi connectivity index (χ0v) is 9.70. The molecule has 78 valence electrons. The molecule has 0 fully saturated rings. The van der Waals surface area contributed by atoms with Crippen LogP contribution in [0.1, 0.15) is 19.8 Å². The van der Waals surface area contributed by atoms with Crippen molar-refractivity contribution in [1.29, 1.82) is 0 Å². The van der Waals surface area contributed by atoms with Gasteiger partial charge in [-0.25, -0.2) is 0 Å². The van der Waals surface area contributed by atoms with Crippen LogP contribution in [0.15, 0.2) is 23.1 Å². The Morgan fingerprint density at radius 2 is 2.21 bits per heavy atom. The lowest BCUT2D eigenvalue weighted by Gasteiger charge is -2.06. The summed E-state index contributed by atoms with van der Waals surface area (Å²) in [5.74, 6) is 0.629. The SMILES string of the molecule is CCCCS(=O)c1c(N)cccc1Cl. The molecule has 0 aliphatic heterocycles. The van der Waals surface area contributed by atoms with Gasteiger partial charge in [-0.05, 0) is 18.6 Å². The molecule has 0 saturated heterocycles. The lowest BCUT2D eigenvalue weighted by molar-refractivity contribution is 0.680. The van der Waals surface area contributed by atoms with Gasteiger partial charge in [-0.1, -0.05) is 31.0 Å². The van der Waals surface area contributed by atoms with E-state index in [4.69, 9.17) is 17.3 Å². The summed E-state index contributed by atoms with van der Waals surface area (Å²) in [7, 11) is -1.06. The number of hydrogen-bond acceptors (Lipinski definition) is 2. The molecule has 0 radical (unpaired) electrons. The number of anilines is 1. The van der Waals surface area contributed by atoms with Gasteiger partial charge in [0.15, 0.2) is 0 Å². The van der Waals surface area contributed by atoms with Gasteiger partial charge in [-0.15, -0.1) is 0 Å². The van der Waals surface area contributed by atoms with E-state index < -0.39 is 10.8 Å². The van der Waals surface area contributed by atoms with E-state index in [9.17, 15) is 4.21 Å². The van der Waals surface area contributed by atoms with Crippen molar-refractivity contribution in [2.75, 3.05) is 11.5 Å². The van der Waals surface area contributed by atoms with E-state index in [0.717, 1.165) is 12.8 Å². The third-order valence-corrected chi connectivity index (χ3v) is 3.91. The monoisotopic (exact) mass is 231 g/mol. The predicted octanol–water partition coefficient (Wildman–Crippen LogP) is 2.83. The summed E-state index contributed by atoms with van der Waals surface area (Å²) in [5.41, 5.74) is 6.24. The molecule has 0 aliphatic rings. The number of nitrogen functional groups attached to an aromatic ring is 1. The molecule has 0 aromatic heterocycles. The number of unbranched alkanes of at least 4 members (excludes halogenated alkanes) is 1. The number of hydrogen-bond donors (Lipinski definition) is 1. The first-order valence-electron chi connectivity index (χ1n) is 4.59. The van der Waals surface area contributed by atoms with Gasteiger partial charge in [0.25, 0.3) is 0 Å². The van der Waals surface area contributed by atoms with Gasteiger partial charge in [0.2, 0.25) is 0 Å². The first-order valence-corrected chi connectivity index (χ1v) is 6.29. The summed E-state index contributed by atoms with van der Waals surface area (Å²) in [4.78, 5) is 0.586. The van der Waals surface area contributed by atoms with Crippen LogP contribution in [0.2, 0.25) is 5.02 Å². The maximum absolute atomic E-state index is 11.8. The smallest absolute Gasteiger partial charge is 0.0803 e. The van der Waals surface area contributed by atoms with Gasteiger partial charge in [0.05, 0.1) is 20.7 Å². The summed E-state index contributed by atoms with van der Waals surface area (Å²) < 4.78 is 11.8. The van der Waals surface area contributed by atoms with E-state index in [0.29, 0.717) is 21.4 Å². The molecule has 2 nitrogen and oxygen atoms in total. The maximum Gasteiger partial charge on any atom is 0.0803 e. The molecule has 1 aromatic rings. The Labute approximate surface area is 91.9 Å². The number of halogens is 1. The van der Waals surface area contributed by atoms with E-state index in [-0.39, 0.29) is 0 Å².